The van der Waals surface area contributed by atoms with Crippen molar-refractivity contribution in [3.05, 3.63) is 0 Å². The van der Waals surface area contributed by atoms with Crippen LogP contribution in [-0.4, -0.2) is 19.3 Å². The van der Waals surface area contributed by atoms with E-state index in [1.165, 1.54) is 13.3 Å². The van der Waals surface area contributed by atoms with Gasteiger partial charge in [0.25, 0.3) is 0 Å². The van der Waals surface area contributed by atoms with Crippen molar-refractivity contribution >= 4 is 12.2 Å². The fraction of sp³-hybridized carbons (Fsp3) is 0.500. The Morgan fingerprint density at radius 2 is 2.38 bits per heavy atom. The molecular formula is C4H9N3O. The van der Waals surface area contributed by atoms with Gasteiger partial charge in [-0.1, -0.05) is 0 Å². The van der Waals surface area contributed by atoms with E-state index in [1.54, 1.807) is 6.92 Å². The molecule has 0 bridgehead atoms. The van der Waals surface area contributed by atoms with Crippen LogP contribution in [0.1, 0.15) is 6.92 Å². The van der Waals surface area contributed by atoms with Crippen LogP contribution in [0.2, 0.25) is 0 Å². The van der Waals surface area contributed by atoms with Gasteiger partial charge in [0.15, 0.2) is 0 Å². The van der Waals surface area contributed by atoms with Gasteiger partial charge in [-0.25, -0.2) is 10.2 Å². The Morgan fingerprint density at radius 3 is 2.75 bits per heavy atom. The van der Waals surface area contributed by atoms with Crippen molar-refractivity contribution in [3.63, 3.8) is 0 Å². The second kappa shape index (κ2) is 4.11. The first-order valence-electron chi connectivity index (χ1n) is 2.26. The molecule has 2 amide bonds. The van der Waals surface area contributed by atoms with Crippen LogP contribution in [0.25, 0.3) is 0 Å². The smallest absolute Gasteiger partial charge is 0.334 e. The Bertz CT molecular complexity index is 99.5. The van der Waals surface area contributed by atoms with Crippen LogP contribution < -0.4 is 10.7 Å². The van der Waals surface area contributed by atoms with Crippen LogP contribution in [0.5, 0.6) is 0 Å². The molecule has 0 rings (SSSR count). The molecule has 0 saturated carbocycles. The molecule has 0 radical (unpaired) electrons. The molecule has 46 valence electrons. The fourth-order valence-corrected chi connectivity index (χ4v) is 0.179. The van der Waals surface area contributed by atoms with E-state index in [1.807, 2.05) is 0 Å². The lowest BCUT2D eigenvalue weighted by atomic mass is 10.9. The van der Waals surface area contributed by atoms with Crippen LogP contribution >= 0.6 is 0 Å². The number of urea groups is 1. The van der Waals surface area contributed by atoms with Crippen molar-refractivity contribution in [2.45, 2.75) is 6.92 Å². The lowest BCUT2D eigenvalue weighted by Crippen LogP contribution is -2.28. The van der Waals surface area contributed by atoms with E-state index in [0.29, 0.717) is 0 Å². The Balaban J connectivity index is 3.25. The fourth-order valence-electron chi connectivity index (χ4n) is 0.179. The summed E-state index contributed by atoms with van der Waals surface area (Å²) in [5, 5.41) is 5.79. The van der Waals surface area contributed by atoms with E-state index in [2.05, 4.69) is 15.8 Å². The van der Waals surface area contributed by atoms with Gasteiger partial charge in [0.2, 0.25) is 0 Å². The molecule has 2 N–H and O–H groups in total. The van der Waals surface area contributed by atoms with Crippen LogP contribution in [-0.2, 0) is 0 Å². The van der Waals surface area contributed by atoms with Gasteiger partial charge in [0.1, 0.15) is 0 Å². The minimum Gasteiger partial charge on any atom is -0.340 e. The summed E-state index contributed by atoms with van der Waals surface area (Å²) in [7, 11) is 1.53. The molecule has 4 nitrogen and oxygen atoms in total. The standard InChI is InChI=1S/C4H9N3O/c1-3-6-7-4(8)5-2/h3H,1-2H3,(H2,5,7,8)/b6-3+. The maximum atomic E-state index is 10.2. The number of rotatable bonds is 1. The SMILES string of the molecule is C/C=N/NC(=O)NC. The summed E-state index contributed by atoms with van der Waals surface area (Å²) in [5.41, 5.74) is 2.20. The average molecular weight is 115 g/mol. The number of nitrogens with one attached hydrogen (secondary N) is 2. The Labute approximate surface area is 48.0 Å². The number of hydrazone groups is 1. The van der Waals surface area contributed by atoms with Crippen LogP contribution in [0.3, 0.4) is 0 Å². The van der Waals surface area contributed by atoms with E-state index in [-0.39, 0.29) is 6.03 Å². The monoisotopic (exact) mass is 115 g/mol. The normalized spacial score (nSPS) is 9.25. The van der Waals surface area contributed by atoms with Crippen molar-refractivity contribution in [2.75, 3.05) is 7.05 Å². The molecule has 0 aromatic rings. The number of nitrogens with zero attached hydrogens (tertiary/aromatic N) is 1. The minimum atomic E-state index is -0.303. The summed E-state index contributed by atoms with van der Waals surface area (Å²) in [6.07, 6.45) is 1.50. The highest BCUT2D eigenvalue weighted by Crippen LogP contribution is 1.58. The molecule has 0 aliphatic carbocycles. The second-order valence-corrected chi connectivity index (χ2v) is 1.08. The maximum absolute atomic E-state index is 10.2. The second-order valence-electron chi connectivity index (χ2n) is 1.08. The van der Waals surface area contributed by atoms with E-state index in [4.69, 9.17) is 0 Å². The molecule has 0 unspecified atom stereocenters. The van der Waals surface area contributed by atoms with Gasteiger partial charge in [0.05, 0.1) is 0 Å². The molecule has 0 saturated heterocycles. The van der Waals surface area contributed by atoms with Crippen LogP contribution in [0.15, 0.2) is 5.10 Å². The summed E-state index contributed by atoms with van der Waals surface area (Å²) in [4.78, 5) is 10.2. The topological polar surface area (TPSA) is 53.5 Å². The summed E-state index contributed by atoms with van der Waals surface area (Å²) in [5.74, 6) is 0. The van der Waals surface area contributed by atoms with Gasteiger partial charge in [-0.3, -0.25) is 0 Å². The largest absolute Gasteiger partial charge is 0.340 e. The molecule has 0 atom stereocenters. The Kier molecular flexibility index (Phi) is 3.56. The quantitative estimate of drug-likeness (QED) is 0.364. The van der Waals surface area contributed by atoms with Gasteiger partial charge in [-0.15, -0.1) is 0 Å². The number of carbonyl (C=O) groups excluding carboxylic acids is 1. The third-order valence-corrected chi connectivity index (χ3v) is 0.522. The molecule has 0 aliphatic rings. The van der Waals surface area contributed by atoms with Crippen molar-refractivity contribution in [1.29, 1.82) is 0 Å². The molecule has 8 heavy (non-hydrogen) atoms. The summed E-state index contributed by atoms with van der Waals surface area (Å²) in [6.45, 7) is 1.72. The van der Waals surface area contributed by atoms with E-state index in [0.717, 1.165) is 0 Å². The molecule has 0 spiro atoms. The zero-order valence-electron chi connectivity index (χ0n) is 4.93. The Hall–Kier alpha value is -1.06. The summed E-state index contributed by atoms with van der Waals surface area (Å²) < 4.78 is 0. The number of amides is 2. The molecule has 0 heterocycles. The molecule has 0 aromatic heterocycles. The highest BCUT2D eigenvalue weighted by Gasteiger charge is 1.86. The lowest BCUT2D eigenvalue weighted by molar-refractivity contribution is 0.243. The summed E-state index contributed by atoms with van der Waals surface area (Å²) in [6, 6.07) is -0.303. The molecule has 0 aromatic carbocycles. The minimum absolute atomic E-state index is 0.303. The van der Waals surface area contributed by atoms with Crippen LogP contribution in [0.4, 0.5) is 4.79 Å². The van der Waals surface area contributed by atoms with E-state index < -0.39 is 0 Å². The van der Waals surface area contributed by atoms with Crippen molar-refractivity contribution in [3.8, 4) is 0 Å². The van der Waals surface area contributed by atoms with Gasteiger partial charge in [0, 0.05) is 13.3 Å². The van der Waals surface area contributed by atoms with Gasteiger partial charge < -0.3 is 5.32 Å². The van der Waals surface area contributed by atoms with Crippen LogP contribution in [0, 0.1) is 0 Å². The number of hydrogen-bond acceptors (Lipinski definition) is 2. The average Bonchev–Trinajstić information content (AvgIpc) is 1.83. The third kappa shape index (κ3) is 3.14. The summed E-state index contributed by atoms with van der Waals surface area (Å²) >= 11 is 0. The van der Waals surface area contributed by atoms with E-state index in [9.17, 15) is 4.79 Å². The third-order valence-electron chi connectivity index (χ3n) is 0.522. The zero-order chi connectivity index (χ0) is 6.41. The first kappa shape index (κ1) is 6.94. The molecule has 0 aliphatic heterocycles. The number of carbonyl (C=O) groups is 1. The van der Waals surface area contributed by atoms with Crippen molar-refractivity contribution in [2.24, 2.45) is 5.10 Å². The van der Waals surface area contributed by atoms with Crippen molar-refractivity contribution < 1.29 is 4.79 Å². The predicted molar refractivity (Wildman–Crippen MR) is 31.8 cm³/mol. The number of hydrogen-bond donors (Lipinski definition) is 2. The molecular weight excluding hydrogens is 106 g/mol. The van der Waals surface area contributed by atoms with Gasteiger partial charge in [-0.05, 0) is 6.92 Å². The molecule has 0 fully saturated rings. The Morgan fingerprint density at radius 1 is 1.75 bits per heavy atom. The zero-order valence-corrected chi connectivity index (χ0v) is 4.93. The lowest BCUT2D eigenvalue weighted by Gasteiger charge is -1.92. The predicted octanol–water partition coefficient (Wildman–Crippen LogP) is -0.0789. The molecule has 4 heteroatoms. The maximum Gasteiger partial charge on any atom is 0.334 e. The van der Waals surface area contributed by atoms with Gasteiger partial charge in [-0.2, -0.15) is 5.10 Å². The van der Waals surface area contributed by atoms with Gasteiger partial charge >= 0.3 is 6.03 Å². The van der Waals surface area contributed by atoms with E-state index >= 15 is 0 Å². The van der Waals surface area contributed by atoms with Crippen molar-refractivity contribution in [1.82, 2.24) is 10.7 Å². The first-order chi connectivity index (χ1) is 3.81. The first-order valence-corrected chi connectivity index (χ1v) is 2.26. The highest BCUT2D eigenvalue weighted by atomic mass is 16.2. The highest BCUT2D eigenvalue weighted by molar-refractivity contribution is 5.74.